The molecule has 0 bridgehead atoms. The molecular weight excluding hydrogens is 342 g/mol. The van der Waals surface area contributed by atoms with Crippen molar-refractivity contribution in [2.24, 2.45) is 0 Å². The summed E-state index contributed by atoms with van der Waals surface area (Å²) in [5.41, 5.74) is 3.72. The number of piperidine rings is 1. The molecule has 2 aromatic rings. The van der Waals surface area contributed by atoms with Gasteiger partial charge in [-0.15, -0.1) is 0 Å². The van der Waals surface area contributed by atoms with E-state index in [4.69, 9.17) is 4.98 Å². The van der Waals surface area contributed by atoms with Crippen LogP contribution in [0.5, 0.6) is 0 Å². The zero-order valence-corrected chi connectivity index (χ0v) is 16.3. The molecular formula is C21H27N3OS. The van der Waals surface area contributed by atoms with E-state index in [1.165, 1.54) is 30.7 Å². The summed E-state index contributed by atoms with van der Waals surface area (Å²) in [5.74, 6) is 0.732. The van der Waals surface area contributed by atoms with Crippen molar-refractivity contribution in [3.05, 3.63) is 41.7 Å². The molecule has 1 aromatic carbocycles. The topological polar surface area (TPSA) is 38.1 Å². The molecule has 0 N–H and O–H groups in total. The Labute approximate surface area is 160 Å². The lowest BCUT2D eigenvalue weighted by Crippen LogP contribution is -2.42. The number of carbonyl (C=O) groups excluding carboxylic acids is 1. The van der Waals surface area contributed by atoms with Crippen LogP contribution in [0.25, 0.3) is 5.69 Å². The van der Waals surface area contributed by atoms with Gasteiger partial charge in [0.15, 0.2) is 5.16 Å². The molecule has 2 aliphatic rings. The molecule has 2 heterocycles. The van der Waals surface area contributed by atoms with Gasteiger partial charge in [0.25, 0.3) is 0 Å². The van der Waals surface area contributed by atoms with E-state index in [1.807, 2.05) is 6.07 Å². The SMILES string of the molecule is CC1CCCCN1C(=O)CSc1nc2c(n1-c1ccccc1)CCCC2. The van der Waals surface area contributed by atoms with Gasteiger partial charge in [-0.25, -0.2) is 4.98 Å². The number of likely N-dealkylation sites (tertiary alicyclic amines) is 1. The summed E-state index contributed by atoms with van der Waals surface area (Å²) in [5, 5.41) is 0.973. The van der Waals surface area contributed by atoms with Crippen molar-refractivity contribution in [1.29, 1.82) is 0 Å². The van der Waals surface area contributed by atoms with E-state index in [9.17, 15) is 4.79 Å². The first-order valence-electron chi connectivity index (χ1n) is 9.82. The quantitative estimate of drug-likeness (QED) is 0.757. The standard InChI is InChI=1S/C21H27N3OS/c1-16-9-7-8-14-23(16)20(25)15-26-21-22-18-12-5-6-13-19(18)24(21)17-10-3-2-4-11-17/h2-4,10-11,16H,5-9,12-15H2,1H3. The van der Waals surface area contributed by atoms with Crippen molar-refractivity contribution in [2.45, 2.75) is 63.1 Å². The normalized spacial score (nSPS) is 20.0. The fourth-order valence-electron chi connectivity index (χ4n) is 4.13. The Balaban J connectivity index is 1.56. The minimum Gasteiger partial charge on any atom is -0.339 e. The Bertz CT molecular complexity index is 771. The van der Waals surface area contributed by atoms with Crippen molar-refractivity contribution in [3.8, 4) is 5.69 Å². The van der Waals surface area contributed by atoms with Crippen LogP contribution < -0.4 is 0 Å². The number of nitrogens with zero attached hydrogens (tertiary/aromatic N) is 3. The molecule has 1 saturated heterocycles. The lowest BCUT2D eigenvalue weighted by Gasteiger charge is -2.33. The number of imidazole rings is 1. The number of amides is 1. The molecule has 1 aliphatic heterocycles. The highest BCUT2D eigenvalue weighted by Gasteiger charge is 2.25. The van der Waals surface area contributed by atoms with Gasteiger partial charge in [0, 0.05) is 24.0 Å². The Hall–Kier alpha value is -1.75. The summed E-state index contributed by atoms with van der Waals surface area (Å²) in [6.07, 6.45) is 8.07. The summed E-state index contributed by atoms with van der Waals surface area (Å²) in [4.78, 5) is 19.7. The molecule has 5 heteroatoms. The van der Waals surface area contributed by atoms with E-state index in [2.05, 4.69) is 40.7 Å². The van der Waals surface area contributed by atoms with Crippen LogP contribution in [-0.4, -0.2) is 38.7 Å². The Kier molecular flexibility index (Phi) is 5.34. The monoisotopic (exact) mass is 369 g/mol. The van der Waals surface area contributed by atoms with E-state index in [0.717, 1.165) is 43.1 Å². The Morgan fingerprint density at radius 2 is 1.96 bits per heavy atom. The van der Waals surface area contributed by atoms with Crippen molar-refractivity contribution >= 4 is 17.7 Å². The third-order valence-corrected chi connectivity index (χ3v) is 6.49. The maximum atomic E-state index is 12.7. The number of hydrogen-bond donors (Lipinski definition) is 0. The second-order valence-corrected chi connectivity index (χ2v) is 8.33. The van der Waals surface area contributed by atoms with Crippen LogP contribution in [0.1, 0.15) is 50.4 Å². The zero-order valence-electron chi connectivity index (χ0n) is 15.5. The van der Waals surface area contributed by atoms with Gasteiger partial charge in [0.1, 0.15) is 0 Å². The van der Waals surface area contributed by atoms with Gasteiger partial charge in [-0.2, -0.15) is 0 Å². The number of aryl methyl sites for hydroxylation is 1. The van der Waals surface area contributed by atoms with Crippen molar-refractivity contribution in [1.82, 2.24) is 14.5 Å². The van der Waals surface area contributed by atoms with Crippen LogP contribution in [0.15, 0.2) is 35.5 Å². The minimum atomic E-state index is 0.253. The zero-order chi connectivity index (χ0) is 17.9. The van der Waals surface area contributed by atoms with Crippen LogP contribution in [0.2, 0.25) is 0 Å². The fraction of sp³-hybridized carbons (Fsp3) is 0.524. The van der Waals surface area contributed by atoms with E-state index in [0.29, 0.717) is 11.8 Å². The minimum absolute atomic E-state index is 0.253. The average molecular weight is 370 g/mol. The van der Waals surface area contributed by atoms with Gasteiger partial charge < -0.3 is 4.90 Å². The summed E-state index contributed by atoms with van der Waals surface area (Å²) in [6.45, 7) is 3.08. The van der Waals surface area contributed by atoms with Gasteiger partial charge in [-0.05, 0) is 64.0 Å². The van der Waals surface area contributed by atoms with Crippen LogP contribution in [0.3, 0.4) is 0 Å². The maximum Gasteiger partial charge on any atom is 0.233 e. The third-order valence-electron chi connectivity index (χ3n) is 5.56. The number of para-hydroxylation sites is 1. The van der Waals surface area contributed by atoms with Crippen molar-refractivity contribution < 1.29 is 4.79 Å². The first kappa shape index (κ1) is 17.7. The molecule has 4 nitrogen and oxygen atoms in total. The fourth-order valence-corrected chi connectivity index (χ4v) is 5.07. The Morgan fingerprint density at radius 1 is 1.15 bits per heavy atom. The van der Waals surface area contributed by atoms with Crippen LogP contribution in [-0.2, 0) is 17.6 Å². The van der Waals surface area contributed by atoms with Crippen molar-refractivity contribution in [2.75, 3.05) is 12.3 Å². The molecule has 138 valence electrons. The lowest BCUT2D eigenvalue weighted by atomic mass is 10.0. The number of fused-ring (bicyclic) bond motifs is 1. The number of hydrogen-bond acceptors (Lipinski definition) is 3. The summed E-state index contributed by atoms with van der Waals surface area (Å²) in [7, 11) is 0. The first-order valence-corrected chi connectivity index (χ1v) is 10.8. The second-order valence-electron chi connectivity index (χ2n) is 7.39. The molecule has 1 unspecified atom stereocenters. The van der Waals surface area contributed by atoms with Gasteiger partial charge in [-0.1, -0.05) is 30.0 Å². The van der Waals surface area contributed by atoms with Gasteiger partial charge >= 0.3 is 0 Å². The predicted molar refractivity (Wildman–Crippen MR) is 106 cm³/mol. The summed E-state index contributed by atoms with van der Waals surface area (Å²) in [6, 6.07) is 10.8. The number of carbonyl (C=O) groups is 1. The molecule has 0 spiro atoms. The highest BCUT2D eigenvalue weighted by molar-refractivity contribution is 7.99. The molecule has 0 radical (unpaired) electrons. The molecule has 1 fully saturated rings. The van der Waals surface area contributed by atoms with Gasteiger partial charge in [-0.3, -0.25) is 9.36 Å². The molecule has 26 heavy (non-hydrogen) atoms. The van der Waals surface area contributed by atoms with E-state index >= 15 is 0 Å². The first-order chi connectivity index (χ1) is 12.7. The van der Waals surface area contributed by atoms with Gasteiger partial charge in [0.2, 0.25) is 5.91 Å². The molecule has 1 aliphatic carbocycles. The van der Waals surface area contributed by atoms with E-state index in [-0.39, 0.29) is 5.91 Å². The molecule has 1 amide bonds. The average Bonchev–Trinajstić information content (AvgIpc) is 3.05. The van der Waals surface area contributed by atoms with E-state index < -0.39 is 0 Å². The highest BCUT2D eigenvalue weighted by atomic mass is 32.2. The largest absolute Gasteiger partial charge is 0.339 e. The van der Waals surface area contributed by atoms with Crippen LogP contribution >= 0.6 is 11.8 Å². The third kappa shape index (κ3) is 3.54. The summed E-state index contributed by atoms with van der Waals surface area (Å²) < 4.78 is 2.28. The number of thioether (sulfide) groups is 1. The molecule has 0 saturated carbocycles. The molecule has 1 atom stereocenters. The predicted octanol–water partition coefficient (Wildman–Crippen LogP) is 4.24. The smallest absolute Gasteiger partial charge is 0.233 e. The number of rotatable bonds is 4. The molecule has 4 rings (SSSR count). The maximum absolute atomic E-state index is 12.7. The van der Waals surface area contributed by atoms with Crippen LogP contribution in [0.4, 0.5) is 0 Å². The molecule has 1 aromatic heterocycles. The van der Waals surface area contributed by atoms with Gasteiger partial charge in [0.05, 0.1) is 11.4 Å². The number of aromatic nitrogens is 2. The number of benzene rings is 1. The lowest BCUT2D eigenvalue weighted by molar-refractivity contribution is -0.131. The second kappa shape index (κ2) is 7.87. The van der Waals surface area contributed by atoms with Crippen LogP contribution in [0, 0.1) is 0 Å². The van der Waals surface area contributed by atoms with E-state index in [1.54, 1.807) is 11.8 Å². The van der Waals surface area contributed by atoms with Crippen molar-refractivity contribution in [3.63, 3.8) is 0 Å². The highest BCUT2D eigenvalue weighted by Crippen LogP contribution is 2.31. The summed E-state index contributed by atoms with van der Waals surface area (Å²) >= 11 is 1.60. The Morgan fingerprint density at radius 3 is 2.77 bits per heavy atom.